The van der Waals surface area contributed by atoms with Crippen LogP contribution in [0.5, 0.6) is 0 Å². The first-order valence-corrected chi connectivity index (χ1v) is 11.2. The quantitative estimate of drug-likeness (QED) is 0.520. The third kappa shape index (κ3) is 4.48. The Morgan fingerprint density at radius 1 is 1.20 bits per heavy atom. The fourth-order valence-electron chi connectivity index (χ4n) is 3.64. The average Bonchev–Trinajstić information content (AvgIpc) is 3.22. The Balaban J connectivity index is 1.33. The second kappa shape index (κ2) is 8.20. The number of aromatic nitrogens is 2. The number of ketones is 1. The predicted molar refractivity (Wildman–Crippen MR) is 112 cm³/mol. The fraction of sp³-hybridized carbons (Fsp3) is 0.381. The van der Waals surface area contributed by atoms with Gasteiger partial charge in [-0.05, 0) is 25.5 Å². The molecular formula is C21H20F3N3OS2. The maximum Gasteiger partial charge on any atom is 0.416 e. The summed E-state index contributed by atoms with van der Waals surface area (Å²) in [5.74, 6) is -0.0590. The zero-order valence-corrected chi connectivity index (χ0v) is 18.1. The van der Waals surface area contributed by atoms with Crippen LogP contribution in [0.15, 0.2) is 29.6 Å². The van der Waals surface area contributed by atoms with Gasteiger partial charge < -0.3 is 0 Å². The highest BCUT2D eigenvalue weighted by atomic mass is 32.1. The first-order valence-electron chi connectivity index (χ1n) is 9.49. The van der Waals surface area contributed by atoms with Crippen molar-refractivity contribution in [3.8, 4) is 10.6 Å². The standard InChI is InChI=1S/C21H20F3N3OS2/c1-12-20(30-13(2)25-12)17-11-29-19(26-17)7-18(28)15-9-27(10-15)8-14-5-3-4-6-16(14)21(22,23)24/h3-6,11,15H,7-10H2,1-2H3. The van der Waals surface area contributed by atoms with Crippen molar-refractivity contribution in [2.45, 2.75) is 33.0 Å². The molecule has 9 heteroatoms. The molecule has 1 fully saturated rings. The Bertz CT molecular complexity index is 1070. The molecule has 0 spiro atoms. The molecular weight excluding hydrogens is 431 g/mol. The van der Waals surface area contributed by atoms with Gasteiger partial charge in [0.2, 0.25) is 0 Å². The minimum atomic E-state index is -4.37. The lowest BCUT2D eigenvalue weighted by molar-refractivity contribution is -0.139. The van der Waals surface area contributed by atoms with Crippen LogP contribution in [0.3, 0.4) is 0 Å². The van der Waals surface area contributed by atoms with Gasteiger partial charge in [-0.2, -0.15) is 13.2 Å². The summed E-state index contributed by atoms with van der Waals surface area (Å²) in [5, 5.41) is 3.69. The average molecular weight is 452 g/mol. The molecule has 0 aliphatic carbocycles. The second-order valence-corrected chi connectivity index (χ2v) is 9.61. The summed E-state index contributed by atoms with van der Waals surface area (Å²) < 4.78 is 39.4. The summed E-state index contributed by atoms with van der Waals surface area (Å²) in [6, 6.07) is 5.60. The van der Waals surface area contributed by atoms with Crippen LogP contribution in [0.25, 0.3) is 10.6 Å². The van der Waals surface area contributed by atoms with Crippen molar-refractivity contribution in [2.75, 3.05) is 13.1 Å². The van der Waals surface area contributed by atoms with Crippen molar-refractivity contribution < 1.29 is 18.0 Å². The molecule has 1 saturated heterocycles. The maximum atomic E-state index is 13.1. The number of hydrogen-bond acceptors (Lipinski definition) is 6. The van der Waals surface area contributed by atoms with E-state index < -0.39 is 11.7 Å². The van der Waals surface area contributed by atoms with E-state index in [-0.39, 0.29) is 30.2 Å². The van der Waals surface area contributed by atoms with Crippen LogP contribution in [0, 0.1) is 19.8 Å². The Morgan fingerprint density at radius 3 is 2.60 bits per heavy atom. The number of likely N-dealkylation sites (tertiary alicyclic amines) is 1. The van der Waals surface area contributed by atoms with Crippen molar-refractivity contribution in [1.29, 1.82) is 0 Å². The number of aryl methyl sites for hydroxylation is 2. The van der Waals surface area contributed by atoms with E-state index in [2.05, 4.69) is 9.97 Å². The first kappa shape index (κ1) is 21.1. The zero-order valence-electron chi connectivity index (χ0n) is 16.5. The van der Waals surface area contributed by atoms with Gasteiger partial charge in [0.1, 0.15) is 10.8 Å². The molecule has 30 heavy (non-hydrogen) atoms. The van der Waals surface area contributed by atoms with Gasteiger partial charge >= 0.3 is 6.18 Å². The molecule has 158 valence electrons. The van der Waals surface area contributed by atoms with Crippen LogP contribution in [0.1, 0.15) is 26.8 Å². The monoisotopic (exact) mass is 451 g/mol. The summed E-state index contributed by atoms with van der Waals surface area (Å²) in [6.45, 7) is 5.06. The van der Waals surface area contributed by atoms with E-state index in [1.807, 2.05) is 24.1 Å². The molecule has 1 aliphatic rings. The van der Waals surface area contributed by atoms with Gasteiger partial charge in [0.25, 0.3) is 0 Å². The van der Waals surface area contributed by atoms with E-state index in [0.717, 1.165) is 32.3 Å². The van der Waals surface area contributed by atoms with E-state index in [0.29, 0.717) is 13.1 Å². The number of Topliss-reactive ketones (excluding diaryl/α,β-unsaturated/α-hetero) is 1. The van der Waals surface area contributed by atoms with Gasteiger partial charge in [-0.15, -0.1) is 22.7 Å². The Labute approximate surface area is 180 Å². The highest BCUT2D eigenvalue weighted by Crippen LogP contribution is 2.34. The summed E-state index contributed by atoms with van der Waals surface area (Å²) in [5.41, 5.74) is 1.43. The first-order chi connectivity index (χ1) is 14.2. The number of benzene rings is 1. The normalized spacial score (nSPS) is 15.4. The molecule has 0 atom stereocenters. The van der Waals surface area contributed by atoms with Gasteiger partial charge in [-0.1, -0.05) is 18.2 Å². The predicted octanol–water partition coefficient (Wildman–Crippen LogP) is 5.15. The Morgan fingerprint density at radius 2 is 1.93 bits per heavy atom. The third-order valence-corrected chi connectivity index (χ3v) is 7.09. The lowest BCUT2D eigenvalue weighted by Crippen LogP contribution is -2.50. The Kier molecular flexibility index (Phi) is 5.78. The van der Waals surface area contributed by atoms with Gasteiger partial charge in [0.05, 0.1) is 33.3 Å². The SMILES string of the molecule is Cc1nc(C)c(-c2csc(CC(=O)C3CN(Cc4ccccc4C(F)(F)F)C3)n2)s1. The highest BCUT2D eigenvalue weighted by molar-refractivity contribution is 7.16. The summed E-state index contributed by atoms with van der Waals surface area (Å²) in [6.07, 6.45) is -4.10. The number of hydrogen-bond donors (Lipinski definition) is 0. The van der Waals surface area contributed by atoms with E-state index >= 15 is 0 Å². The molecule has 0 N–H and O–H groups in total. The van der Waals surface area contributed by atoms with Crippen molar-refractivity contribution >= 4 is 28.5 Å². The molecule has 0 radical (unpaired) electrons. The van der Waals surface area contributed by atoms with Crippen molar-refractivity contribution in [3.63, 3.8) is 0 Å². The molecule has 3 heterocycles. The number of rotatable bonds is 6. The van der Waals surface area contributed by atoms with Gasteiger partial charge in [-0.3, -0.25) is 9.69 Å². The number of nitrogens with zero attached hydrogens (tertiary/aromatic N) is 3. The van der Waals surface area contributed by atoms with Gasteiger partial charge in [0.15, 0.2) is 0 Å². The molecule has 0 saturated carbocycles. The van der Waals surface area contributed by atoms with E-state index in [1.54, 1.807) is 17.4 Å². The lowest BCUT2D eigenvalue weighted by atomic mass is 9.92. The number of alkyl halides is 3. The van der Waals surface area contributed by atoms with E-state index in [9.17, 15) is 18.0 Å². The highest BCUT2D eigenvalue weighted by Gasteiger charge is 2.36. The van der Waals surface area contributed by atoms with E-state index in [4.69, 9.17) is 0 Å². The van der Waals surface area contributed by atoms with Crippen molar-refractivity contribution in [3.05, 3.63) is 56.5 Å². The molecule has 1 aromatic carbocycles. The summed E-state index contributed by atoms with van der Waals surface area (Å²) in [4.78, 5) is 24.5. The molecule has 0 unspecified atom stereocenters. The summed E-state index contributed by atoms with van der Waals surface area (Å²) >= 11 is 3.05. The Hall–Kier alpha value is -2.10. The van der Waals surface area contributed by atoms with Gasteiger partial charge in [0, 0.05) is 30.9 Å². The fourth-order valence-corrected chi connectivity index (χ4v) is 5.39. The topological polar surface area (TPSA) is 46.1 Å². The number of carbonyl (C=O) groups excluding carboxylic acids is 1. The molecule has 4 nitrogen and oxygen atoms in total. The number of thiazole rings is 2. The smallest absolute Gasteiger partial charge is 0.299 e. The maximum absolute atomic E-state index is 13.1. The van der Waals surface area contributed by atoms with Crippen LogP contribution in [0.2, 0.25) is 0 Å². The van der Waals surface area contributed by atoms with Crippen LogP contribution >= 0.6 is 22.7 Å². The lowest BCUT2D eigenvalue weighted by Gasteiger charge is -2.38. The number of halogens is 3. The van der Waals surface area contributed by atoms with Gasteiger partial charge in [-0.25, -0.2) is 9.97 Å². The molecule has 0 amide bonds. The number of carbonyl (C=O) groups is 1. The minimum absolute atomic E-state index is 0.0912. The van der Waals surface area contributed by atoms with Crippen molar-refractivity contribution in [2.24, 2.45) is 5.92 Å². The minimum Gasteiger partial charge on any atom is -0.299 e. The third-order valence-electron chi connectivity index (χ3n) is 5.14. The van der Waals surface area contributed by atoms with Crippen LogP contribution in [-0.2, 0) is 23.9 Å². The molecule has 2 aromatic heterocycles. The second-order valence-electron chi connectivity index (χ2n) is 7.46. The van der Waals surface area contributed by atoms with Crippen molar-refractivity contribution in [1.82, 2.24) is 14.9 Å². The van der Waals surface area contributed by atoms with E-state index in [1.165, 1.54) is 23.5 Å². The molecule has 0 bridgehead atoms. The zero-order chi connectivity index (χ0) is 21.5. The van der Waals surface area contributed by atoms with Crippen LogP contribution in [0.4, 0.5) is 13.2 Å². The van der Waals surface area contributed by atoms with Crippen LogP contribution < -0.4 is 0 Å². The van der Waals surface area contributed by atoms with Crippen LogP contribution in [-0.4, -0.2) is 33.7 Å². The molecule has 1 aliphatic heterocycles. The molecule has 4 rings (SSSR count). The summed E-state index contributed by atoms with van der Waals surface area (Å²) in [7, 11) is 0. The molecule has 3 aromatic rings. The largest absolute Gasteiger partial charge is 0.416 e.